The largest absolute Gasteiger partial charge is 0.484 e. The average Bonchev–Trinajstić information content (AvgIpc) is 2.94. The number of nitrogens with one attached hydrogen (secondary N) is 1. The highest BCUT2D eigenvalue weighted by atomic mass is 32.1. The molecule has 3 aromatic rings. The smallest absolute Gasteiger partial charge is 0.264 e. The lowest BCUT2D eigenvalue weighted by molar-refractivity contribution is -0.118. The zero-order valence-corrected chi connectivity index (χ0v) is 14.2. The zero-order valence-electron chi connectivity index (χ0n) is 13.4. The van der Waals surface area contributed by atoms with Crippen LogP contribution in [0.3, 0.4) is 0 Å². The monoisotopic (exact) mass is 338 g/mol. The molecule has 0 fully saturated rings. The summed E-state index contributed by atoms with van der Waals surface area (Å²) in [6, 6.07) is 19.5. The van der Waals surface area contributed by atoms with Gasteiger partial charge in [0.2, 0.25) is 0 Å². The van der Waals surface area contributed by atoms with Crippen molar-refractivity contribution in [1.29, 1.82) is 0 Å². The molecule has 3 rings (SSSR count). The second-order valence-electron chi connectivity index (χ2n) is 5.34. The Balaban J connectivity index is 1.57. The Morgan fingerprint density at radius 3 is 2.46 bits per heavy atom. The van der Waals surface area contributed by atoms with Crippen molar-refractivity contribution in [1.82, 2.24) is 4.98 Å². The number of hydrogen-bond donors (Lipinski definition) is 1. The van der Waals surface area contributed by atoms with Crippen molar-refractivity contribution in [2.45, 2.75) is 13.3 Å². The van der Waals surface area contributed by atoms with Gasteiger partial charge >= 0.3 is 0 Å². The van der Waals surface area contributed by atoms with Crippen molar-refractivity contribution in [2.75, 3.05) is 11.9 Å². The van der Waals surface area contributed by atoms with Gasteiger partial charge in [-0.2, -0.15) is 0 Å². The van der Waals surface area contributed by atoms with E-state index in [1.807, 2.05) is 55.5 Å². The van der Waals surface area contributed by atoms with E-state index in [1.54, 1.807) is 0 Å². The predicted molar refractivity (Wildman–Crippen MR) is 96.7 cm³/mol. The van der Waals surface area contributed by atoms with E-state index in [-0.39, 0.29) is 12.5 Å². The zero-order chi connectivity index (χ0) is 16.8. The van der Waals surface area contributed by atoms with E-state index in [9.17, 15) is 4.79 Å². The van der Waals surface area contributed by atoms with Gasteiger partial charge in [-0.25, -0.2) is 4.98 Å². The fraction of sp³-hybridized carbons (Fsp3) is 0.158. The number of carbonyl (C=O) groups excluding carboxylic acids is 1. The quantitative estimate of drug-likeness (QED) is 0.737. The summed E-state index contributed by atoms with van der Waals surface area (Å²) < 4.78 is 5.44. The summed E-state index contributed by atoms with van der Waals surface area (Å²) in [5.74, 6) is 0.464. The molecule has 1 amide bonds. The molecule has 0 bridgehead atoms. The van der Waals surface area contributed by atoms with Gasteiger partial charge in [0, 0.05) is 11.3 Å². The van der Waals surface area contributed by atoms with Gasteiger partial charge in [0.15, 0.2) is 11.7 Å². The van der Waals surface area contributed by atoms with Crippen LogP contribution in [0.1, 0.15) is 16.1 Å². The Hall–Kier alpha value is -2.66. The fourth-order valence-corrected chi connectivity index (χ4v) is 3.26. The number of nitrogens with zero attached hydrogens (tertiary/aromatic N) is 1. The van der Waals surface area contributed by atoms with Crippen LogP contribution in [0.5, 0.6) is 5.75 Å². The molecule has 0 aliphatic carbocycles. The first-order valence-corrected chi connectivity index (χ1v) is 8.50. The average molecular weight is 338 g/mol. The Morgan fingerprint density at radius 2 is 1.75 bits per heavy atom. The molecule has 0 radical (unpaired) electrons. The summed E-state index contributed by atoms with van der Waals surface area (Å²) in [7, 11) is 0. The molecule has 0 saturated carbocycles. The number of aryl methyl sites for hydroxylation is 1. The maximum Gasteiger partial charge on any atom is 0.264 e. The molecule has 4 nitrogen and oxygen atoms in total. The molecule has 0 aliphatic rings. The molecule has 0 saturated heterocycles. The minimum atomic E-state index is -0.209. The Morgan fingerprint density at radius 1 is 1.08 bits per heavy atom. The molecule has 0 atom stereocenters. The van der Waals surface area contributed by atoms with E-state index < -0.39 is 0 Å². The molecule has 1 heterocycles. The SMILES string of the molecule is Cc1nc(NC(=O)COc2ccccc2)sc1Cc1ccccc1. The first-order valence-electron chi connectivity index (χ1n) is 7.68. The predicted octanol–water partition coefficient (Wildman–Crippen LogP) is 4.06. The normalized spacial score (nSPS) is 10.4. The summed E-state index contributed by atoms with van der Waals surface area (Å²) in [4.78, 5) is 17.6. The van der Waals surface area contributed by atoms with E-state index in [0.717, 1.165) is 17.0 Å². The van der Waals surface area contributed by atoms with Crippen molar-refractivity contribution < 1.29 is 9.53 Å². The molecule has 1 N–H and O–H groups in total. The molecule has 5 heteroatoms. The maximum absolute atomic E-state index is 12.0. The molecule has 0 spiro atoms. The van der Waals surface area contributed by atoms with Crippen LogP contribution >= 0.6 is 11.3 Å². The minimum Gasteiger partial charge on any atom is -0.484 e. The van der Waals surface area contributed by atoms with E-state index >= 15 is 0 Å². The van der Waals surface area contributed by atoms with Crippen molar-refractivity contribution >= 4 is 22.4 Å². The van der Waals surface area contributed by atoms with Crippen LogP contribution in [0.25, 0.3) is 0 Å². The molecular formula is C19H18N2O2S. The van der Waals surface area contributed by atoms with Gasteiger partial charge in [-0.05, 0) is 24.6 Å². The second kappa shape index (κ2) is 7.75. The van der Waals surface area contributed by atoms with Crippen molar-refractivity contribution in [3.63, 3.8) is 0 Å². The molecule has 122 valence electrons. The van der Waals surface area contributed by atoms with E-state index in [4.69, 9.17) is 4.74 Å². The first-order chi connectivity index (χ1) is 11.7. The van der Waals surface area contributed by atoms with E-state index in [1.165, 1.54) is 16.9 Å². The number of carbonyl (C=O) groups is 1. The molecule has 1 aromatic heterocycles. The van der Waals surface area contributed by atoms with Gasteiger partial charge < -0.3 is 4.74 Å². The van der Waals surface area contributed by atoms with Gasteiger partial charge in [-0.1, -0.05) is 48.5 Å². The highest BCUT2D eigenvalue weighted by Gasteiger charge is 2.11. The number of para-hydroxylation sites is 1. The van der Waals surface area contributed by atoms with Crippen LogP contribution in [-0.4, -0.2) is 17.5 Å². The summed E-state index contributed by atoms with van der Waals surface area (Å²) in [5.41, 5.74) is 2.18. The first kappa shape index (κ1) is 16.2. The molecule has 0 unspecified atom stereocenters. The van der Waals surface area contributed by atoms with Gasteiger partial charge in [0.1, 0.15) is 5.75 Å². The van der Waals surface area contributed by atoms with Crippen LogP contribution in [0, 0.1) is 6.92 Å². The lowest BCUT2D eigenvalue weighted by atomic mass is 10.1. The van der Waals surface area contributed by atoms with Gasteiger partial charge in [0.05, 0.1) is 5.69 Å². The number of benzene rings is 2. The van der Waals surface area contributed by atoms with Gasteiger partial charge in [-0.3, -0.25) is 10.1 Å². The third-order valence-electron chi connectivity index (χ3n) is 3.46. The highest BCUT2D eigenvalue weighted by Crippen LogP contribution is 2.25. The molecular weight excluding hydrogens is 320 g/mol. The maximum atomic E-state index is 12.0. The van der Waals surface area contributed by atoms with Crippen molar-refractivity contribution in [2.24, 2.45) is 0 Å². The lowest BCUT2D eigenvalue weighted by Crippen LogP contribution is -2.20. The Bertz CT molecular complexity index is 801. The van der Waals surface area contributed by atoms with E-state index in [0.29, 0.717) is 10.9 Å². The van der Waals surface area contributed by atoms with Crippen LogP contribution in [0.4, 0.5) is 5.13 Å². The highest BCUT2D eigenvalue weighted by molar-refractivity contribution is 7.15. The second-order valence-corrected chi connectivity index (χ2v) is 6.42. The van der Waals surface area contributed by atoms with Gasteiger partial charge in [0.25, 0.3) is 5.91 Å². The number of hydrogen-bond acceptors (Lipinski definition) is 4. The number of aromatic nitrogens is 1. The third kappa shape index (κ3) is 4.43. The fourth-order valence-electron chi connectivity index (χ4n) is 2.25. The summed E-state index contributed by atoms with van der Waals surface area (Å²) in [6.45, 7) is 1.93. The van der Waals surface area contributed by atoms with E-state index in [2.05, 4.69) is 22.4 Å². The van der Waals surface area contributed by atoms with Crippen LogP contribution in [-0.2, 0) is 11.2 Å². The molecule has 24 heavy (non-hydrogen) atoms. The standard InChI is InChI=1S/C19H18N2O2S/c1-14-17(12-15-8-4-2-5-9-15)24-19(20-14)21-18(22)13-23-16-10-6-3-7-11-16/h2-11H,12-13H2,1H3,(H,20,21,22). The number of thiazole rings is 1. The summed E-state index contributed by atoms with van der Waals surface area (Å²) in [6.07, 6.45) is 0.820. The molecule has 2 aromatic carbocycles. The molecule has 0 aliphatic heterocycles. The van der Waals surface area contributed by atoms with Crippen LogP contribution in [0.15, 0.2) is 60.7 Å². The number of rotatable bonds is 6. The van der Waals surface area contributed by atoms with Crippen LogP contribution in [0.2, 0.25) is 0 Å². The minimum absolute atomic E-state index is 0.0311. The van der Waals surface area contributed by atoms with Gasteiger partial charge in [-0.15, -0.1) is 11.3 Å². The van der Waals surface area contributed by atoms with Crippen molar-refractivity contribution in [3.05, 3.63) is 76.8 Å². The number of ether oxygens (including phenoxy) is 1. The van der Waals surface area contributed by atoms with Crippen molar-refractivity contribution in [3.8, 4) is 5.75 Å². The van der Waals surface area contributed by atoms with Crippen LogP contribution < -0.4 is 10.1 Å². The Labute approximate surface area is 145 Å². The number of anilines is 1. The lowest BCUT2D eigenvalue weighted by Gasteiger charge is -2.05. The summed E-state index contributed by atoms with van der Waals surface area (Å²) >= 11 is 1.51. The number of amides is 1. The topological polar surface area (TPSA) is 51.2 Å². The third-order valence-corrected chi connectivity index (χ3v) is 4.53. The Kier molecular flexibility index (Phi) is 5.23. The summed E-state index contributed by atoms with van der Waals surface area (Å²) in [5, 5.41) is 3.41.